The molecule has 17 heavy (non-hydrogen) atoms. The van der Waals surface area contributed by atoms with E-state index >= 15 is 0 Å². The Morgan fingerprint density at radius 3 is 2.82 bits per heavy atom. The van der Waals surface area contributed by atoms with Crippen LogP contribution < -0.4 is 10.6 Å². The summed E-state index contributed by atoms with van der Waals surface area (Å²) in [5, 5.41) is 6.06. The Kier molecular flexibility index (Phi) is 5.41. The van der Waals surface area contributed by atoms with Crippen molar-refractivity contribution in [1.29, 1.82) is 0 Å². The van der Waals surface area contributed by atoms with Crippen LogP contribution in [0.15, 0.2) is 0 Å². The highest BCUT2D eigenvalue weighted by molar-refractivity contribution is 5.82. The Morgan fingerprint density at radius 2 is 2.24 bits per heavy atom. The average molecular weight is 242 g/mol. The summed E-state index contributed by atoms with van der Waals surface area (Å²) in [6, 6.07) is 0. The number of carbonyl (C=O) groups excluding carboxylic acids is 2. The fraction of sp³-hybridized carbons (Fsp3) is 0.833. The molecule has 1 saturated heterocycles. The topological polar surface area (TPSA) is 67.4 Å². The van der Waals surface area contributed by atoms with Crippen LogP contribution in [0.1, 0.15) is 33.1 Å². The molecule has 0 spiro atoms. The quantitative estimate of drug-likeness (QED) is 0.524. The van der Waals surface area contributed by atoms with Crippen molar-refractivity contribution in [2.75, 3.05) is 26.2 Å². The van der Waals surface area contributed by atoms with E-state index in [2.05, 4.69) is 10.6 Å². The Bertz CT molecular complexity index is 273. The Morgan fingerprint density at radius 1 is 1.47 bits per heavy atom. The van der Waals surface area contributed by atoms with Crippen LogP contribution in [0.2, 0.25) is 0 Å². The first-order valence-corrected chi connectivity index (χ1v) is 6.23. The lowest BCUT2D eigenvalue weighted by atomic mass is 9.89. The van der Waals surface area contributed by atoms with Gasteiger partial charge in [-0.3, -0.25) is 9.59 Å². The van der Waals surface area contributed by atoms with Gasteiger partial charge in [-0.2, -0.15) is 0 Å². The fourth-order valence-electron chi connectivity index (χ4n) is 1.89. The van der Waals surface area contributed by atoms with Crippen molar-refractivity contribution in [2.24, 2.45) is 5.41 Å². The van der Waals surface area contributed by atoms with E-state index < -0.39 is 0 Å². The Hall–Kier alpha value is -1.10. The molecule has 0 aromatic rings. The zero-order valence-electron chi connectivity index (χ0n) is 10.7. The van der Waals surface area contributed by atoms with E-state index in [0.29, 0.717) is 26.0 Å². The first-order chi connectivity index (χ1) is 8.08. The maximum Gasteiger partial charge on any atom is 0.305 e. The van der Waals surface area contributed by atoms with Crippen molar-refractivity contribution < 1.29 is 14.3 Å². The van der Waals surface area contributed by atoms with E-state index in [1.54, 1.807) is 6.92 Å². The standard InChI is InChI=1S/C12H22N2O3/c1-3-17-10(15)5-4-7-14-11(16)12(2)6-8-13-9-12/h13H,3-9H2,1-2H3,(H,14,16). The molecule has 0 aromatic heterocycles. The number of hydrogen-bond acceptors (Lipinski definition) is 4. The van der Waals surface area contributed by atoms with Gasteiger partial charge in [-0.1, -0.05) is 0 Å². The Labute approximate surface area is 102 Å². The molecule has 1 fully saturated rings. The molecular weight excluding hydrogens is 220 g/mol. The number of ether oxygens (including phenoxy) is 1. The van der Waals surface area contributed by atoms with E-state index in [9.17, 15) is 9.59 Å². The van der Waals surface area contributed by atoms with Gasteiger partial charge in [-0.25, -0.2) is 0 Å². The molecular formula is C12H22N2O3. The SMILES string of the molecule is CCOC(=O)CCCNC(=O)C1(C)CCNC1. The monoisotopic (exact) mass is 242 g/mol. The lowest BCUT2D eigenvalue weighted by molar-refractivity contribution is -0.143. The normalized spacial score (nSPS) is 23.4. The van der Waals surface area contributed by atoms with E-state index in [-0.39, 0.29) is 17.3 Å². The first kappa shape index (κ1) is 14.0. The summed E-state index contributed by atoms with van der Waals surface area (Å²) in [5.74, 6) is -0.123. The minimum absolute atomic E-state index is 0.0753. The van der Waals surface area contributed by atoms with Crippen molar-refractivity contribution in [2.45, 2.75) is 33.1 Å². The second-order valence-electron chi connectivity index (χ2n) is 4.65. The van der Waals surface area contributed by atoms with Crippen molar-refractivity contribution in [3.63, 3.8) is 0 Å². The lowest BCUT2D eigenvalue weighted by Crippen LogP contribution is -2.40. The number of carbonyl (C=O) groups is 2. The van der Waals surface area contributed by atoms with Crippen molar-refractivity contribution in [3.05, 3.63) is 0 Å². The van der Waals surface area contributed by atoms with Crippen LogP contribution in [-0.2, 0) is 14.3 Å². The summed E-state index contributed by atoms with van der Waals surface area (Å²) < 4.78 is 4.81. The molecule has 98 valence electrons. The molecule has 1 heterocycles. The summed E-state index contributed by atoms with van der Waals surface area (Å²) in [4.78, 5) is 22.9. The van der Waals surface area contributed by atoms with Crippen molar-refractivity contribution in [3.8, 4) is 0 Å². The molecule has 1 amide bonds. The average Bonchev–Trinajstić information content (AvgIpc) is 2.73. The lowest BCUT2D eigenvalue weighted by Gasteiger charge is -2.21. The molecule has 5 nitrogen and oxygen atoms in total. The summed E-state index contributed by atoms with van der Waals surface area (Å²) in [7, 11) is 0. The third-order valence-corrected chi connectivity index (χ3v) is 3.07. The predicted octanol–water partition coefficient (Wildman–Crippen LogP) is 0.445. The van der Waals surface area contributed by atoms with Gasteiger partial charge in [-0.05, 0) is 33.2 Å². The first-order valence-electron chi connectivity index (χ1n) is 6.23. The van der Waals surface area contributed by atoms with Gasteiger partial charge in [0.1, 0.15) is 0 Å². The number of hydrogen-bond donors (Lipinski definition) is 2. The van der Waals surface area contributed by atoms with Gasteiger partial charge in [0.2, 0.25) is 5.91 Å². The Balaban J connectivity index is 2.14. The molecule has 1 atom stereocenters. The zero-order valence-corrected chi connectivity index (χ0v) is 10.7. The highest BCUT2D eigenvalue weighted by Gasteiger charge is 2.35. The molecule has 2 N–H and O–H groups in total. The minimum Gasteiger partial charge on any atom is -0.466 e. The third kappa shape index (κ3) is 4.34. The van der Waals surface area contributed by atoms with Gasteiger partial charge in [-0.15, -0.1) is 0 Å². The van der Waals surface area contributed by atoms with E-state index in [0.717, 1.165) is 19.5 Å². The van der Waals surface area contributed by atoms with Crippen LogP contribution in [0.25, 0.3) is 0 Å². The van der Waals surface area contributed by atoms with Crippen LogP contribution in [-0.4, -0.2) is 38.1 Å². The van der Waals surface area contributed by atoms with Gasteiger partial charge in [0.25, 0.3) is 0 Å². The van der Waals surface area contributed by atoms with Gasteiger partial charge in [0, 0.05) is 19.5 Å². The second kappa shape index (κ2) is 6.59. The predicted molar refractivity (Wildman–Crippen MR) is 64.5 cm³/mol. The van der Waals surface area contributed by atoms with Crippen LogP contribution in [0.4, 0.5) is 0 Å². The summed E-state index contributed by atoms with van der Waals surface area (Å²) in [5.41, 5.74) is -0.288. The minimum atomic E-state index is -0.288. The highest BCUT2D eigenvalue weighted by Crippen LogP contribution is 2.24. The number of nitrogens with one attached hydrogen (secondary N) is 2. The van der Waals surface area contributed by atoms with E-state index in [1.165, 1.54) is 0 Å². The summed E-state index contributed by atoms with van der Waals surface area (Å²) in [6.45, 7) is 6.33. The van der Waals surface area contributed by atoms with Crippen molar-refractivity contribution in [1.82, 2.24) is 10.6 Å². The second-order valence-corrected chi connectivity index (χ2v) is 4.65. The molecule has 1 unspecified atom stereocenters. The van der Waals surface area contributed by atoms with Gasteiger partial charge in [0.15, 0.2) is 0 Å². The van der Waals surface area contributed by atoms with E-state index in [4.69, 9.17) is 4.74 Å². The summed E-state index contributed by atoms with van der Waals surface area (Å²) in [6.07, 6.45) is 1.87. The number of amides is 1. The van der Waals surface area contributed by atoms with Crippen LogP contribution in [0.3, 0.4) is 0 Å². The van der Waals surface area contributed by atoms with Gasteiger partial charge in [0.05, 0.1) is 12.0 Å². The van der Waals surface area contributed by atoms with E-state index in [1.807, 2.05) is 6.92 Å². The van der Waals surface area contributed by atoms with Crippen LogP contribution >= 0.6 is 0 Å². The van der Waals surface area contributed by atoms with Gasteiger partial charge < -0.3 is 15.4 Å². The molecule has 0 aromatic carbocycles. The smallest absolute Gasteiger partial charge is 0.305 e. The largest absolute Gasteiger partial charge is 0.466 e. The highest BCUT2D eigenvalue weighted by atomic mass is 16.5. The number of esters is 1. The maximum absolute atomic E-state index is 11.9. The van der Waals surface area contributed by atoms with Crippen molar-refractivity contribution >= 4 is 11.9 Å². The molecule has 1 rings (SSSR count). The van der Waals surface area contributed by atoms with Gasteiger partial charge >= 0.3 is 5.97 Å². The molecule has 0 radical (unpaired) electrons. The molecule has 1 aliphatic heterocycles. The molecule has 0 aliphatic carbocycles. The molecule has 0 bridgehead atoms. The number of rotatable bonds is 6. The maximum atomic E-state index is 11.9. The fourth-order valence-corrected chi connectivity index (χ4v) is 1.89. The third-order valence-electron chi connectivity index (χ3n) is 3.07. The molecule has 1 aliphatic rings. The van der Waals surface area contributed by atoms with Crippen LogP contribution in [0.5, 0.6) is 0 Å². The zero-order chi connectivity index (χ0) is 12.7. The molecule has 5 heteroatoms. The van der Waals surface area contributed by atoms with Crippen LogP contribution in [0, 0.1) is 5.41 Å². The molecule has 0 saturated carbocycles. The summed E-state index contributed by atoms with van der Waals surface area (Å²) >= 11 is 0.